The smallest absolute Gasteiger partial charge is 0.153 e. The van der Waals surface area contributed by atoms with Crippen LogP contribution in [0.25, 0.3) is 0 Å². The summed E-state index contributed by atoms with van der Waals surface area (Å²) < 4.78 is 0. The van der Waals surface area contributed by atoms with Gasteiger partial charge in [-0.3, -0.25) is 0 Å². The second kappa shape index (κ2) is 3.69. The van der Waals surface area contributed by atoms with Gasteiger partial charge in [-0.2, -0.15) is 0 Å². The van der Waals surface area contributed by atoms with E-state index < -0.39 is 0 Å². The minimum Gasteiger partial charge on any atom is -0.392 e. The van der Waals surface area contributed by atoms with Crippen molar-refractivity contribution in [1.82, 2.24) is 0 Å². The average Bonchev–Trinajstić information content (AvgIpc) is 2.09. The fourth-order valence-corrected chi connectivity index (χ4v) is 1.90. The molecule has 0 aromatic carbocycles. The zero-order valence-corrected chi connectivity index (χ0v) is 8.80. The second-order valence-electron chi connectivity index (χ2n) is 4.66. The molecule has 1 unspecified atom stereocenters. The van der Waals surface area contributed by atoms with E-state index in [1.807, 2.05) is 0 Å². The minimum absolute atomic E-state index is 0.0889. The van der Waals surface area contributed by atoms with Gasteiger partial charge in [-0.05, 0) is 5.92 Å². The molecule has 0 aromatic heterocycles. The van der Waals surface area contributed by atoms with Gasteiger partial charge in [0.25, 0.3) is 0 Å². The van der Waals surface area contributed by atoms with Crippen molar-refractivity contribution >= 4 is 0 Å². The molecular weight excluding hydrogens is 162 g/mol. The van der Waals surface area contributed by atoms with Crippen molar-refractivity contribution in [2.24, 2.45) is 5.92 Å². The third-order valence-corrected chi connectivity index (χ3v) is 3.21. The molecule has 1 aliphatic heterocycles. The monoisotopic (exact) mass is 182 g/mol. The number of piperidine rings is 1. The van der Waals surface area contributed by atoms with Gasteiger partial charge in [0.2, 0.25) is 0 Å². The molecule has 0 aliphatic carbocycles. The summed E-state index contributed by atoms with van der Waals surface area (Å²) in [5.41, 5.74) is -0.0889. The lowest BCUT2D eigenvalue weighted by Gasteiger charge is -2.38. The van der Waals surface area contributed by atoms with Gasteiger partial charge in [0, 0.05) is 26.2 Å². The zero-order valence-electron chi connectivity index (χ0n) is 8.80. The van der Waals surface area contributed by atoms with E-state index in [1.165, 1.54) is 4.90 Å². The first kappa shape index (κ1) is 10.6. The highest BCUT2D eigenvalue weighted by Gasteiger charge is 2.35. The zero-order chi connectivity index (χ0) is 10.1. The van der Waals surface area contributed by atoms with E-state index in [9.17, 15) is 5.11 Å². The highest BCUT2D eigenvalue weighted by atomic mass is 16.3. The van der Waals surface area contributed by atoms with Gasteiger partial charge in [-0.1, -0.05) is 6.92 Å². The number of quaternary nitrogens is 1. The van der Waals surface area contributed by atoms with E-state index in [2.05, 4.69) is 26.7 Å². The third-order valence-electron chi connectivity index (χ3n) is 3.21. The quantitative estimate of drug-likeness (QED) is 0.534. The summed E-state index contributed by atoms with van der Waals surface area (Å²) in [5.74, 6) is 3.20. The maximum atomic E-state index is 9.57. The van der Waals surface area contributed by atoms with Crippen LogP contribution in [0.5, 0.6) is 0 Å². The number of terminal acetylenes is 1. The van der Waals surface area contributed by atoms with Gasteiger partial charge < -0.3 is 10.0 Å². The number of aliphatic hydroxyl groups excluding tert-OH is 1. The number of hydrogen-bond acceptors (Lipinski definition) is 1. The molecule has 1 aliphatic rings. The molecule has 74 valence electrons. The summed E-state index contributed by atoms with van der Waals surface area (Å²) in [6.07, 6.45) is 6.23. The minimum atomic E-state index is -0.127. The molecule has 13 heavy (non-hydrogen) atoms. The van der Waals surface area contributed by atoms with E-state index in [0.29, 0.717) is 5.92 Å². The molecule has 0 amide bonds. The van der Waals surface area contributed by atoms with Crippen molar-refractivity contribution in [1.29, 1.82) is 0 Å². The van der Waals surface area contributed by atoms with Crippen LogP contribution in [0.3, 0.4) is 0 Å². The molecule has 0 aromatic rings. The number of nitrogens with one attached hydrogen (secondary N) is 1. The first-order valence-corrected chi connectivity index (χ1v) is 4.98. The van der Waals surface area contributed by atoms with Crippen LogP contribution < -0.4 is 4.90 Å². The summed E-state index contributed by atoms with van der Waals surface area (Å²) >= 11 is 0. The fourth-order valence-electron chi connectivity index (χ4n) is 1.90. The van der Waals surface area contributed by atoms with Crippen LogP contribution in [-0.4, -0.2) is 29.8 Å². The van der Waals surface area contributed by atoms with E-state index >= 15 is 0 Å². The molecule has 1 heterocycles. The van der Waals surface area contributed by atoms with Crippen molar-refractivity contribution in [2.45, 2.75) is 38.8 Å². The van der Waals surface area contributed by atoms with Crippen molar-refractivity contribution in [3.05, 3.63) is 0 Å². The Labute approximate surface area is 80.9 Å². The second-order valence-corrected chi connectivity index (χ2v) is 4.66. The molecule has 2 heteroatoms. The van der Waals surface area contributed by atoms with E-state index in [4.69, 9.17) is 6.42 Å². The predicted molar refractivity (Wildman–Crippen MR) is 53.4 cm³/mol. The summed E-state index contributed by atoms with van der Waals surface area (Å²) in [6, 6.07) is 0. The number of aliphatic hydroxyl groups is 1. The predicted octanol–water partition coefficient (Wildman–Crippen LogP) is -0.316. The lowest BCUT2D eigenvalue weighted by Crippen LogP contribution is -3.20. The Morgan fingerprint density at radius 1 is 1.54 bits per heavy atom. The Bertz CT molecular complexity index is 217. The largest absolute Gasteiger partial charge is 0.392 e. The molecule has 2 nitrogen and oxygen atoms in total. The standard InChI is InChI=1S/C11H19NO/c1-5-11(3,4)12-7-6-10(13)9(2)8-12/h1,9-10,13H,6-8H2,2-4H3/p+1/t9-,10+/m1/s1. The maximum absolute atomic E-state index is 9.57. The first-order valence-electron chi connectivity index (χ1n) is 4.98. The fraction of sp³-hybridized carbons (Fsp3) is 0.818. The normalized spacial score (nSPS) is 35.5. The van der Waals surface area contributed by atoms with Gasteiger partial charge in [0.05, 0.1) is 19.2 Å². The molecule has 0 radical (unpaired) electrons. The topological polar surface area (TPSA) is 24.7 Å². The highest BCUT2D eigenvalue weighted by Crippen LogP contribution is 2.09. The molecule has 3 atom stereocenters. The van der Waals surface area contributed by atoms with Gasteiger partial charge in [-0.15, -0.1) is 6.42 Å². The van der Waals surface area contributed by atoms with Crippen LogP contribution in [0, 0.1) is 18.3 Å². The SMILES string of the molecule is C#CC(C)(C)[NH+]1CC[C@H](O)[C@H](C)C1. The van der Waals surface area contributed by atoms with Crippen LogP contribution in [-0.2, 0) is 0 Å². The van der Waals surface area contributed by atoms with Crippen LogP contribution in [0.2, 0.25) is 0 Å². The van der Waals surface area contributed by atoms with Crippen molar-refractivity contribution in [3.63, 3.8) is 0 Å². The Hall–Kier alpha value is -0.520. The molecule has 0 saturated carbocycles. The van der Waals surface area contributed by atoms with Gasteiger partial charge in [-0.25, -0.2) is 0 Å². The first-order chi connectivity index (χ1) is 5.97. The van der Waals surface area contributed by atoms with Crippen molar-refractivity contribution in [3.8, 4) is 12.3 Å². The Morgan fingerprint density at radius 3 is 2.62 bits per heavy atom. The van der Waals surface area contributed by atoms with Crippen molar-refractivity contribution < 1.29 is 10.0 Å². The molecule has 2 N–H and O–H groups in total. The Balaban J connectivity index is 2.61. The Kier molecular flexibility index (Phi) is 3.00. The number of rotatable bonds is 1. The van der Waals surface area contributed by atoms with E-state index in [1.54, 1.807) is 0 Å². The van der Waals surface area contributed by atoms with E-state index in [-0.39, 0.29) is 11.6 Å². The third kappa shape index (κ3) is 2.24. The van der Waals surface area contributed by atoms with Crippen LogP contribution in [0.1, 0.15) is 27.2 Å². The molecule has 0 spiro atoms. The molecule has 1 fully saturated rings. The summed E-state index contributed by atoms with van der Waals surface area (Å²) in [6.45, 7) is 8.25. The van der Waals surface area contributed by atoms with Crippen molar-refractivity contribution in [2.75, 3.05) is 13.1 Å². The van der Waals surface area contributed by atoms with Crippen LogP contribution >= 0.6 is 0 Å². The Morgan fingerprint density at radius 2 is 2.15 bits per heavy atom. The van der Waals surface area contributed by atoms with E-state index in [0.717, 1.165) is 19.5 Å². The lowest BCUT2D eigenvalue weighted by molar-refractivity contribution is -0.948. The van der Waals surface area contributed by atoms with Crippen LogP contribution in [0.15, 0.2) is 0 Å². The maximum Gasteiger partial charge on any atom is 0.153 e. The van der Waals surface area contributed by atoms with Gasteiger partial charge >= 0.3 is 0 Å². The van der Waals surface area contributed by atoms with Crippen LogP contribution in [0.4, 0.5) is 0 Å². The average molecular weight is 182 g/mol. The molecule has 1 rings (SSSR count). The molecular formula is C11H20NO+. The molecule has 0 bridgehead atoms. The molecule has 1 saturated heterocycles. The number of likely N-dealkylation sites (tertiary alicyclic amines) is 1. The summed E-state index contributed by atoms with van der Waals surface area (Å²) in [4.78, 5) is 1.42. The number of hydrogen-bond donors (Lipinski definition) is 2. The summed E-state index contributed by atoms with van der Waals surface area (Å²) in [7, 11) is 0. The lowest BCUT2D eigenvalue weighted by atomic mass is 9.92. The summed E-state index contributed by atoms with van der Waals surface area (Å²) in [5, 5.41) is 9.57. The highest BCUT2D eigenvalue weighted by molar-refractivity contribution is 5.01. The van der Waals surface area contributed by atoms with Gasteiger partial charge in [0.1, 0.15) is 0 Å². The van der Waals surface area contributed by atoms with Gasteiger partial charge in [0.15, 0.2) is 5.54 Å².